The lowest BCUT2D eigenvalue weighted by molar-refractivity contribution is -0.134. The van der Waals surface area contributed by atoms with E-state index in [1.807, 2.05) is 62.4 Å². The summed E-state index contributed by atoms with van der Waals surface area (Å²) >= 11 is 7.69. The van der Waals surface area contributed by atoms with Gasteiger partial charge in [0.1, 0.15) is 51.8 Å². The highest BCUT2D eigenvalue weighted by Gasteiger charge is 2.35. The Balaban J connectivity index is 0.833. The second-order valence-electron chi connectivity index (χ2n) is 16.8. The van der Waals surface area contributed by atoms with Gasteiger partial charge in [0, 0.05) is 75.4 Å². The summed E-state index contributed by atoms with van der Waals surface area (Å²) in [6.07, 6.45) is 0.720. The van der Waals surface area contributed by atoms with Gasteiger partial charge in [-0.25, -0.2) is 0 Å². The lowest BCUT2D eigenvalue weighted by atomic mass is 9.99. The number of benzene rings is 5. The van der Waals surface area contributed by atoms with Gasteiger partial charge in [-0.3, -0.25) is 35.1 Å². The van der Waals surface area contributed by atoms with Gasteiger partial charge in [-0.1, -0.05) is 48.0 Å². The number of anilines is 2. The van der Waals surface area contributed by atoms with Crippen LogP contribution in [-0.4, -0.2) is 91.1 Å². The van der Waals surface area contributed by atoms with Crippen molar-refractivity contribution >= 4 is 68.7 Å². The lowest BCUT2D eigenvalue weighted by Crippen LogP contribution is -2.47. The molecule has 0 radical (unpaired) electrons. The van der Waals surface area contributed by atoms with Crippen LogP contribution in [0.5, 0.6) is 23.0 Å². The number of hydrogen-bond donors (Lipinski definition) is 5. The number of phenolic OH excluding ortho intramolecular Hbond substituents is 1. The fourth-order valence-corrected chi connectivity index (χ4v) is 9.82. The standard InChI is InChI=1S/C53H52ClN7O7S/c1-30-31(2)69-53-49(30)50(34-9-14-37(54)15-10-34)59-44(51(56)61(53)32(3)55)28-47(63)57-29-48(64)60-23-21-39(22-24-60)68-41-18-19-42(45(62)27-41)33-11-16-38(17-12-33)58-52(65)36-13-20-46(67-5)43(26-36)35-7-6-8-40(25-35)66-4/h6-20,25-27,39,44,55-56,62H,21-24,28-29H2,1-5H3,(H,57,63)(H,58,65)/t44-/m0/s1. The molecule has 14 nitrogen and oxygen atoms in total. The number of carbonyl (C=O) groups excluding carboxylic acids is 3. The zero-order valence-corrected chi connectivity index (χ0v) is 40.4. The minimum absolute atomic E-state index is 0.00359. The van der Waals surface area contributed by atoms with E-state index in [-0.39, 0.29) is 48.3 Å². The van der Waals surface area contributed by atoms with Crippen LogP contribution in [-0.2, 0) is 9.59 Å². The first-order valence-electron chi connectivity index (χ1n) is 22.4. The Kier molecular flexibility index (Phi) is 14.5. The summed E-state index contributed by atoms with van der Waals surface area (Å²) in [4.78, 5) is 49.4. The molecule has 3 amide bonds. The second-order valence-corrected chi connectivity index (χ2v) is 18.4. The van der Waals surface area contributed by atoms with Gasteiger partial charge in [0.25, 0.3) is 5.91 Å². The average Bonchev–Trinajstić information content (AvgIpc) is 3.57. The van der Waals surface area contributed by atoms with Crippen LogP contribution in [0.3, 0.4) is 0 Å². The highest BCUT2D eigenvalue weighted by Crippen LogP contribution is 2.41. The molecule has 1 fully saturated rings. The van der Waals surface area contributed by atoms with E-state index >= 15 is 0 Å². The first-order chi connectivity index (χ1) is 33.2. The number of hydrogen-bond acceptors (Lipinski definition) is 11. The molecule has 1 saturated heterocycles. The normalized spacial score (nSPS) is 14.8. The average molecular weight is 967 g/mol. The molecule has 0 spiro atoms. The minimum atomic E-state index is -0.917. The molecule has 0 saturated carbocycles. The number of amides is 3. The maximum absolute atomic E-state index is 13.4. The SMILES string of the molecule is COc1cccc(-c2cc(C(=O)Nc3ccc(-c4ccc(OC5CCN(C(=O)CNC(=O)C[C@@H]6N=C(c7ccc(Cl)cc7)c7c(sc(C)c7C)N(C(C)=N)C6=N)CC5)cc4O)cc3)ccc2OC)c1. The van der Waals surface area contributed by atoms with Gasteiger partial charge >= 0.3 is 0 Å². The highest BCUT2D eigenvalue weighted by atomic mass is 35.5. The number of halogens is 1. The van der Waals surface area contributed by atoms with Crippen molar-refractivity contribution in [3.63, 3.8) is 0 Å². The molecule has 0 aliphatic carbocycles. The molecule has 3 heterocycles. The molecular formula is C53H52ClN7O7S. The van der Waals surface area contributed by atoms with Crippen LogP contribution in [0.4, 0.5) is 10.7 Å². The smallest absolute Gasteiger partial charge is 0.255 e. The Morgan fingerprint density at radius 2 is 1.58 bits per heavy atom. The topological polar surface area (TPSA) is 190 Å². The van der Waals surface area contributed by atoms with Crippen molar-refractivity contribution in [1.82, 2.24) is 10.2 Å². The molecule has 5 N–H and O–H groups in total. The maximum atomic E-state index is 13.4. The van der Waals surface area contributed by atoms with E-state index in [0.717, 1.165) is 38.3 Å². The van der Waals surface area contributed by atoms with Crippen molar-refractivity contribution in [2.75, 3.05) is 44.1 Å². The lowest BCUT2D eigenvalue weighted by Gasteiger charge is -2.32. The van der Waals surface area contributed by atoms with Crippen molar-refractivity contribution < 1.29 is 33.7 Å². The third-order valence-corrected chi connectivity index (χ3v) is 13.7. The monoisotopic (exact) mass is 965 g/mol. The Morgan fingerprint density at radius 1 is 0.855 bits per heavy atom. The number of aromatic hydroxyl groups is 1. The Hall–Kier alpha value is -7.49. The molecule has 0 unspecified atom stereocenters. The summed E-state index contributed by atoms with van der Waals surface area (Å²) < 4.78 is 17.2. The molecule has 6 aromatic rings. The van der Waals surface area contributed by atoms with Crippen molar-refractivity contribution in [2.45, 2.75) is 52.2 Å². The number of nitrogens with zero attached hydrogens (tertiary/aromatic N) is 3. The number of methoxy groups -OCH3 is 2. The molecule has 1 aromatic heterocycles. The number of aryl methyl sites for hydroxylation is 1. The molecule has 16 heteroatoms. The summed E-state index contributed by atoms with van der Waals surface area (Å²) in [6.45, 7) is 6.22. The van der Waals surface area contributed by atoms with E-state index in [1.54, 1.807) is 91.6 Å². The number of thiophene rings is 1. The fraction of sp³-hybridized carbons (Fsp3) is 0.245. The summed E-state index contributed by atoms with van der Waals surface area (Å²) in [5.74, 6) is 1.01. The molecule has 1 atom stereocenters. The van der Waals surface area contributed by atoms with E-state index in [4.69, 9.17) is 41.6 Å². The number of piperidine rings is 1. The van der Waals surface area contributed by atoms with Gasteiger partial charge in [-0.15, -0.1) is 11.3 Å². The number of carbonyl (C=O) groups is 3. The Labute approximate surface area is 409 Å². The highest BCUT2D eigenvalue weighted by molar-refractivity contribution is 7.17. The number of ether oxygens (including phenoxy) is 3. The van der Waals surface area contributed by atoms with Crippen LogP contribution < -0.4 is 29.7 Å². The molecule has 69 heavy (non-hydrogen) atoms. The summed E-state index contributed by atoms with van der Waals surface area (Å²) in [6, 6.07) is 31.5. The van der Waals surface area contributed by atoms with Gasteiger partial charge in [0.2, 0.25) is 11.8 Å². The molecule has 354 valence electrons. The molecule has 2 aliphatic heterocycles. The van der Waals surface area contributed by atoms with Crippen LogP contribution >= 0.6 is 22.9 Å². The Bertz CT molecular complexity index is 2980. The van der Waals surface area contributed by atoms with Crippen LogP contribution in [0.15, 0.2) is 114 Å². The molecule has 8 rings (SSSR count). The zero-order chi connectivity index (χ0) is 48.9. The van der Waals surface area contributed by atoms with Gasteiger partial charge in [0.05, 0.1) is 32.9 Å². The summed E-state index contributed by atoms with van der Waals surface area (Å²) in [7, 11) is 3.19. The molecule has 0 bridgehead atoms. The summed E-state index contributed by atoms with van der Waals surface area (Å²) in [5, 5.41) is 35.8. The van der Waals surface area contributed by atoms with E-state index in [9.17, 15) is 19.5 Å². The van der Waals surface area contributed by atoms with Crippen LogP contribution in [0.25, 0.3) is 22.3 Å². The van der Waals surface area contributed by atoms with Crippen LogP contribution in [0, 0.1) is 24.7 Å². The predicted octanol–water partition coefficient (Wildman–Crippen LogP) is 9.90. The molecule has 2 aliphatic rings. The zero-order valence-electron chi connectivity index (χ0n) is 38.8. The molecular weight excluding hydrogens is 914 g/mol. The first-order valence-corrected chi connectivity index (χ1v) is 23.6. The van der Waals surface area contributed by atoms with Crippen molar-refractivity contribution in [3.8, 4) is 45.3 Å². The van der Waals surface area contributed by atoms with Crippen LogP contribution in [0.1, 0.15) is 58.1 Å². The number of likely N-dealkylation sites (tertiary alicyclic amines) is 1. The number of nitrogens with one attached hydrogen (secondary N) is 4. The van der Waals surface area contributed by atoms with E-state index in [0.29, 0.717) is 75.7 Å². The maximum Gasteiger partial charge on any atom is 0.255 e. The van der Waals surface area contributed by atoms with Gasteiger partial charge < -0.3 is 34.9 Å². The number of rotatable bonds is 13. The molecule has 5 aromatic carbocycles. The number of phenols is 1. The van der Waals surface area contributed by atoms with E-state index in [2.05, 4.69) is 10.6 Å². The fourth-order valence-electron chi connectivity index (χ4n) is 8.47. The van der Waals surface area contributed by atoms with Gasteiger partial charge in [-0.05, 0) is 104 Å². The van der Waals surface area contributed by atoms with E-state index < -0.39 is 11.9 Å². The second kappa shape index (κ2) is 20.8. The number of aliphatic imine (C=N–C) groups is 1. The number of fused-ring (bicyclic) bond motifs is 1. The van der Waals surface area contributed by atoms with Crippen LogP contribution in [0.2, 0.25) is 5.02 Å². The predicted molar refractivity (Wildman–Crippen MR) is 273 cm³/mol. The minimum Gasteiger partial charge on any atom is -0.507 e. The van der Waals surface area contributed by atoms with Crippen molar-refractivity contribution in [1.29, 1.82) is 10.8 Å². The van der Waals surface area contributed by atoms with Crippen molar-refractivity contribution in [3.05, 3.63) is 141 Å². The van der Waals surface area contributed by atoms with Gasteiger partial charge in [-0.2, -0.15) is 0 Å². The van der Waals surface area contributed by atoms with E-state index in [1.165, 1.54) is 11.3 Å². The largest absolute Gasteiger partial charge is 0.507 e. The third kappa shape index (κ3) is 10.6. The number of amidine groups is 2. The quantitative estimate of drug-likeness (QED) is 0.0558. The van der Waals surface area contributed by atoms with Gasteiger partial charge in [0.15, 0.2) is 0 Å². The summed E-state index contributed by atoms with van der Waals surface area (Å²) in [5.41, 5.74) is 7.17. The first kappa shape index (κ1) is 48.0. The van der Waals surface area contributed by atoms with Crippen molar-refractivity contribution in [2.24, 2.45) is 4.99 Å². The Morgan fingerprint density at radius 3 is 2.26 bits per heavy atom. The third-order valence-electron chi connectivity index (χ3n) is 12.3.